The largest absolute Gasteiger partial charge is 0.236 e. The summed E-state index contributed by atoms with van der Waals surface area (Å²) in [6.07, 6.45) is 0.724. The summed E-state index contributed by atoms with van der Waals surface area (Å²) in [6, 6.07) is 1.40. The van der Waals surface area contributed by atoms with Crippen molar-refractivity contribution in [3.63, 3.8) is 0 Å². The number of benzene rings is 1. The van der Waals surface area contributed by atoms with Gasteiger partial charge < -0.3 is 0 Å². The lowest BCUT2D eigenvalue weighted by molar-refractivity contribution is 0.533. The van der Waals surface area contributed by atoms with Gasteiger partial charge in [0.2, 0.25) is 9.05 Å². The molecular weight excluding hydrogens is 298 g/mol. The van der Waals surface area contributed by atoms with Crippen molar-refractivity contribution in [1.29, 1.82) is 0 Å². The van der Waals surface area contributed by atoms with Gasteiger partial charge in [-0.1, -0.05) is 0 Å². The number of halogens is 3. The second-order valence-corrected chi connectivity index (χ2v) is 8.05. The van der Waals surface area contributed by atoms with Gasteiger partial charge in [0.05, 0.1) is 5.75 Å². The first kappa shape index (κ1) is 14.3. The van der Waals surface area contributed by atoms with Gasteiger partial charge in [-0.15, -0.1) is 0 Å². The third-order valence-corrected chi connectivity index (χ3v) is 3.94. The van der Waals surface area contributed by atoms with E-state index in [0.29, 0.717) is 6.07 Å². The van der Waals surface area contributed by atoms with Crippen LogP contribution in [0.2, 0.25) is 0 Å². The van der Waals surface area contributed by atoms with Crippen molar-refractivity contribution < 1.29 is 25.6 Å². The maximum atomic E-state index is 13.6. The highest BCUT2D eigenvalue weighted by Crippen LogP contribution is 2.23. The third-order valence-electron chi connectivity index (χ3n) is 1.87. The maximum Gasteiger partial charge on any atom is 0.236 e. The lowest BCUT2D eigenvalue weighted by Crippen LogP contribution is -2.08. The Morgan fingerprint density at radius 1 is 1.18 bits per heavy atom. The standard InChI is InChI=1S/C8H7ClF2O4S2/c1-16(12,13)7-3-2-6(10)5(8(7)11)4-17(9,14)15/h2-3H,4H2,1H3. The molecule has 0 atom stereocenters. The predicted octanol–water partition coefficient (Wildman–Crippen LogP) is 1.44. The Kier molecular flexibility index (Phi) is 3.80. The molecule has 0 amide bonds. The molecule has 1 aromatic rings. The minimum absolute atomic E-state index is 0.677. The van der Waals surface area contributed by atoms with Gasteiger partial charge in [-0.3, -0.25) is 0 Å². The summed E-state index contributed by atoms with van der Waals surface area (Å²) < 4.78 is 70.6. The van der Waals surface area contributed by atoms with Crippen molar-refractivity contribution in [2.75, 3.05) is 6.26 Å². The quantitative estimate of drug-likeness (QED) is 0.626. The highest BCUT2D eigenvalue weighted by atomic mass is 35.7. The molecule has 0 fully saturated rings. The summed E-state index contributed by atoms with van der Waals surface area (Å²) in [5, 5.41) is 0. The van der Waals surface area contributed by atoms with Gasteiger partial charge in [0.15, 0.2) is 9.84 Å². The minimum Gasteiger partial charge on any atom is -0.224 e. The lowest BCUT2D eigenvalue weighted by atomic mass is 10.2. The van der Waals surface area contributed by atoms with Gasteiger partial charge in [-0.2, -0.15) is 0 Å². The van der Waals surface area contributed by atoms with Crippen LogP contribution in [0.3, 0.4) is 0 Å². The first-order valence-corrected chi connectivity index (χ1v) is 8.48. The highest BCUT2D eigenvalue weighted by molar-refractivity contribution is 8.13. The van der Waals surface area contributed by atoms with E-state index in [2.05, 4.69) is 0 Å². The number of sulfone groups is 1. The van der Waals surface area contributed by atoms with Crippen LogP contribution in [0.1, 0.15) is 5.56 Å². The van der Waals surface area contributed by atoms with Crippen molar-refractivity contribution in [3.8, 4) is 0 Å². The first-order chi connectivity index (χ1) is 7.52. The van der Waals surface area contributed by atoms with Crippen molar-refractivity contribution in [2.24, 2.45) is 0 Å². The molecule has 9 heteroatoms. The predicted molar refractivity (Wildman–Crippen MR) is 57.9 cm³/mol. The molecule has 0 unspecified atom stereocenters. The fourth-order valence-electron chi connectivity index (χ4n) is 1.17. The van der Waals surface area contributed by atoms with E-state index < -0.39 is 46.7 Å². The fraction of sp³-hybridized carbons (Fsp3) is 0.250. The van der Waals surface area contributed by atoms with Crippen molar-refractivity contribution >= 4 is 29.6 Å². The van der Waals surface area contributed by atoms with E-state index in [1.807, 2.05) is 0 Å². The molecule has 0 aliphatic carbocycles. The molecule has 0 spiro atoms. The summed E-state index contributed by atoms with van der Waals surface area (Å²) >= 11 is 0. The zero-order valence-electron chi connectivity index (χ0n) is 8.45. The minimum atomic E-state index is -4.19. The zero-order valence-corrected chi connectivity index (χ0v) is 10.8. The van der Waals surface area contributed by atoms with Crippen LogP contribution in [0, 0.1) is 11.6 Å². The average Bonchev–Trinajstić information content (AvgIpc) is 2.08. The molecule has 0 bridgehead atoms. The molecule has 1 aromatic carbocycles. The number of rotatable bonds is 3. The van der Waals surface area contributed by atoms with E-state index in [4.69, 9.17) is 10.7 Å². The van der Waals surface area contributed by atoms with Crippen molar-refractivity contribution in [1.82, 2.24) is 0 Å². The Bertz CT molecular complexity index is 652. The molecule has 17 heavy (non-hydrogen) atoms. The molecule has 1 rings (SSSR count). The van der Waals surface area contributed by atoms with E-state index in [1.165, 1.54) is 0 Å². The Morgan fingerprint density at radius 2 is 1.71 bits per heavy atom. The van der Waals surface area contributed by atoms with Crippen LogP contribution in [0.5, 0.6) is 0 Å². The van der Waals surface area contributed by atoms with Crippen LogP contribution >= 0.6 is 10.7 Å². The molecule has 0 heterocycles. The Balaban J connectivity index is 3.52. The van der Waals surface area contributed by atoms with Crippen LogP contribution in [-0.2, 0) is 24.6 Å². The van der Waals surface area contributed by atoms with Crippen LogP contribution in [0.15, 0.2) is 17.0 Å². The molecule has 0 aliphatic rings. The smallest absolute Gasteiger partial charge is 0.224 e. The van der Waals surface area contributed by atoms with Gasteiger partial charge >= 0.3 is 0 Å². The Labute approximate surface area is 102 Å². The average molecular weight is 305 g/mol. The summed E-state index contributed by atoms with van der Waals surface area (Å²) in [5.41, 5.74) is -0.886. The van der Waals surface area contributed by atoms with Gasteiger partial charge in [-0.05, 0) is 12.1 Å². The van der Waals surface area contributed by atoms with Crippen LogP contribution in [0.4, 0.5) is 8.78 Å². The zero-order chi connectivity index (χ0) is 13.4. The topological polar surface area (TPSA) is 68.3 Å². The van der Waals surface area contributed by atoms with E-state index in [1.54, 1.807) is 0 Å². The summed E-state index contributed by atoms with van der Waals surface area (Å²) in [5.74, 6) is -3.72. The Hall–Kier alpha value is -0.730. The second-order valence-electron chi connectivity index (χ2n) is 3.29. The monoisotopic (exact) mass is 304 g/mol. The van der Waals surface area contributed by atoms with Crippen molar-refractivity contribution in [2.45, 2.75) is 10.6 Å². The first-order valence-electron chi connectivity index (χ1n) is 4.11. The van der Waals surface area contributed by atoms with E-state index >= 15 is 0 Å². The molecule has 4 nitrogen and oxygen atoms in total. The fourth-order valence-corrected chi connectivity index (χ4v) is 2.87. The number of hydrogen-bond donors (Lipinski definition) is 0. The molecule has 0 saturated carbocycles. The Morgan fingerprint density at radius 3 is 2.12 bits per heavy atom. The SMILES string of the molecule is CS(=O)(=O)c1ccc(F)c(CS(=O)(=O)Cl)c1F. The maximum absolute atomic E-state index is 13.6. The lowest BCUT2D eigenvalue weighted by Gasteiger charge is -2.06. The highest BCUT2D eigenvalue weighted by Gasteiger charge is 2.23. The van der Waals surface area contributed by atoms with Crippen molar-refractivity contribution in [3.05, 3.63) is 29.3 Å². The van der Waals surface area contributed by atoms with Crippen LogP contribution < -0.4 is 0 Å². The van der Waals surface area contributed by atoms with Gasteiger partial charge in [-0.25, -0.2) is 25.6 Å². The molecule has 0 N–H and O–H groups in total. The van der Waals surface area contributed by atoms with Gasteiger partial charge in [0.1, 0.15) is 16.5 Å². The molecule has 96 valence electrons. The number of hydrogen-bond acceptors (Lipinski definition) is 4. The van der Waals surface area contributed by atoms with Crippen LogP contribution in [0.25, 0.3) is 0 Å². The third kappa shape index (κ3) is 3.62. The molecule has 0 aromatic heterocycles. The van der Waals surface area contributed by atoms with Gasteiger partial charge in [0.25, 0.3) is 0 Å². The van der Waals surface area contributed by atoms with E-state index in [0.717, 1.165) is 12.3 Å². The van der Waals surface area contributed by atoms with Gasteiger partial charge in [0, 0.05) is 22.5 Å². The van der Waals surface area contributed by atoms with E-state index in [-0.39, 0.29) is 0 Å². The molecular formula is C8H7ClF2O4S2. The van der Waals surface area contributed by atoms with E-state index in [9.17, 15) is 25.6 Å². The summed E-state index contributed by atoms with van der Waals surface area (Å²) in [6.45, 7) is 0. The second kappa shape index (κ2) is 4.51. The molecule has 0 aliphatic heterocycles. The molecule has 0 radical (unpaired) electrons. The summed E-state index contributed by atoms with van der Waals surface area (Å²) in [7, 11) is -3.23. The van der Waals surface area contributed by atoms with Crippen LogP contribution in [-0.4, -0.2) is 23.1 Å². The normalized spacial score (nSPS) is 12.7. The summed E-state index contributed by atoms with van der Waals surface area (Å²) in [4.78, 5) is -0.769. The molecule has 0 saturated heterocycles.